The van der Waals surface area contributed by atoms with E-state index in [4.69, 9.17) is 12.2 Å². The van der Waals surface area contributed by atoms with Gasteiger partial charge in [-0.3, -0.25) is 15.2 Å². The second-order valence-corrected chi connectivity index (χ2v) is 6.58. The van der Waals surface area contributed by atoms with Crippen LogP contribution in [-0.4, -0.2) is 70.8 Å². The maximum absolute atomic E-state index is 11.8. The molecule has 0 atom stereocenters. The Balaban J connectivity index is 1.69. The lowest BCUT2D eigenvalue weighted by Gasteiger charge is -2.35. The van der Waals surface area contributed by atoms with Gasteiger partial charge in [0.15, 0.2) is 5.11 Å². The van der Waals surface area contributed by atoms with Gasteiger partial charge in [0.2, 0.25) is 5.91 Å². The van der Waals surface area contributed by atoms with E-state index in [-0.39, 0.29) is 5.91 Å². The van der Waals surface area contributed by atoms with Crippen molar-refractivity contribution in [2.45, 2.75) is 20.3 Å². The minimum Gasteiger partial charge on any atom is -0.345 e. The molecule has 3 rings (SSSR count). The maximum atomic E-state index is 11.8. The van der Waals surface area contributed by atoms with Crippen LogP contribution >= 0.6 is 12.2 Å². The van der Waals surface area contributed by atoms with E-state index in [1.54, 1.807) is 18.0 Å². The van der Waals surface area contributed by atoms with Crippen LogP contribution < -0.4 is 10.3 Å². The number of likely N-dealkylation sites (N-methyl/N-ethyl adjacent to an activating group) is 1. The van der Waals surface area contributed by atoms with E-state index in [2.05, 4.69) is 32.2 Å². The molecule has 8 heteroatoms. The van der Waals surface area contributed by atoms with Crippen LogP contribution in [0, 0.1) is 0 Å². The third-order valence-corrected chi connectivity index (χ3v) is 5.05. The summed E-state index contributed by atoms with van der Waals surface area (Å²) in [5.74, 6) is 0.0191. The average Bonchev–Trinajstić information content (AvgIpc) is 2.65. The summed E-state index contributed by atoms with van der Waals surface area (Å²) in [7, 11) is 0. The second-order valence-electron chi connectivity index (χ2n) is 6.19. The molecule has 2 aliphatic rings. The lowest BCUT2D eigenvalue weighted by atomic mass is 10.1. The number of piperazine rings is 1. The van der Waals surface area contributed by atoms with Gasteiger partial charge in [-0.1, -0.05) is 6.92 Å². The van der Waals surface area contributed by atoms with E-state index in [1.807, 2.05) is 12.1 Å². The predicted octanol–water partition coefficient (Wildman–Crippen LogP) is 1.05. The molecule has 0 unspecified atom stereocenters. The lowest BCUT2D eigenvalue weighted by molar-refractivity contribution is -0.116. The molecule has 1 amide bonds. The molecular weight excluding hydrogens is 336 g/mol. The number of carbonyl (C=O) groups excluding carboxylic acids is 1. The van der Waals surface area contributed by atoms with Gasteiger partial charge >= 0.3 is 0 Å². The van der Waals surface area contributed by atoms with Crippen LogP contribution in [0.4, 0.5) is 5.69 Å². The smallest absolute Gasteiger partial charge is 0.223 e. The predicted molar refractivity (Wildman–Crippen MR) is 103 cm³/mol. The summed E-state index contributed by atoms with van der Waals surface area (Å²) >= 11 is 5.48. The summed E-state index contributed by atoms with van der Waals surface area (Å²) in [5.41, 5.74) is 5.41. The van der Waals surface area contributed by atoms with Crippen molar-refractivity contribution >= 4 is 34.6 Å². The zero-order valence-corrected chi connectivity index (χ0v) is 15.6. The molecule has 1 aromatic rings. The fraction of sp³-hybridized carbons (Fsp3) is 0.529. The number of hydrazone groups is 1. The number of pyridine rings is 1. The Hall–Kier alpha value is -2.06. The van der Waals surface area contributed by atoms with Crippen molar-refractivity contribution in [2.24, 2.45) is 5.10 Å². The number of nitrogens with one attached hydrogen (secondary N) is 1. The molecule has 2 aliphatic heterocycles. The summed E-state index contributed by atoms with van der Waals surface area (Å²) in [4.78, 5) is 22.5. The van der Waals surface area contributed by atoms with Gasteiger partial charge in [-0.25, -0.2) is 0 Å². The van der Waals surface area contributed by atoms with Gasteiger partial charge in [0.05, 0.1) is 11.4 Å². The molecule has 0 aliphatic carbocycles. The zero-order valence-electron chi connectivity index (χ0n) is 14.7. The highest BCUT2D eigenvalue weighted by Crippen LogP contribution is 2.25. The van der Waals surface area contributed by atoms with Crippen molar-refractivity contribution in [3.8, 4) is 0 Å². The van der Waals surface area contributed by atoms with Crippen molar-refractivity contribution < 1.29 is 4.79 Å². The van der Waals surface area contributed by atoms with Gasteiger partial charge < -0.3 is 14.7 Å². The number of thiocarbonyl (C=S) groups is 1. The highest BCUT2D eigenvalue weighted by atomic mass is 32.1. The fourth-order valence-electron chi connectivity index (χ4n) is 3.18. The molecule has 1 fully saturated rings. The molecule has 25 heavy (non-hydrogen) atoms. The van der Waals surface area contributed by atoms with E-state index in [9.17, 15) is 4.79 Å². The first-order chi connectivity index (χ1) is 12.1. The van der Waals surface area contributed by atoms with Gasteiger partial charge in [-0.05, 0) is 30.9 Å². The summed E-state index contributed by atoms with van der Waals surface area (Å²) < 4.78 is 0. The van der Waals surface area contributed by atoms with Gasteiger partial charge in [0, 0.05) is 52.3 Å². The molecule has 7 nitrogen and oxygen atoms in total. The zero-order chi connectivity index (χ0) is 17.8. The molecular formula is C17H24N6OS. The Morgan fingerprint density at radius 2 is 2.08 bits per heavy atom. The molecule has 0 saturated carbocycles. The number of aromatic nitrogens is 1. The van der Waals surface area contributed by atoms with E-state index in [0.29, 0.717) is 18.1 Å². The summed E-state index contributed by atoms with van der Waals surface area (Å²) in [6.45, 7) is 9.30. The Morgan fingerprint density at radius 1 is 1.32 bits per heavy atom. The highest BCUT2D eigenvalue weighted by molar-refractivity contribution is 7.80. The van der Waals surface area contributed by atoms with Crippen molar-refractivity contribution in [3.05, 3.63) is 24.0 Å². The van der Waals surface area contributed by atoms with Crippen molar-refractivity contribution in [2.75, 3.05) is 44.2 Å². The highest BCUT2D eigenvalue weighted by Gasteiger charge is 2.25. The van der Waals surface area contributed by atoms with Gasteiger partial charge in [0.1, 0.15) is 5.69 Å². The molecule has 0 spiro atoms. The Bertz CT molecular complexity index is 683. The summed E-state index contributed by atoms with van der Waals surface area (Å²) in [6.07, 6.45) is 2.38. The first kappa shape index (κ1) is 17.8. The lowest BCUT2D eigenvalue weighted by Crippen LogP contribution is -2.50. The molecule has 134 valence electrons. The topological polar surface area (TPSA) is 64.1 Å². The fourth-order valence-corrected chi connectivity index (χ4v) is 3.41. The largest absolute Gasteiger partial charge is 0.345 e. The quantitative estimate of drug-likeness (QED) is 0.628. The van der Waals surface area contributed by atoms with E-state index < -0.39 is 0 Å². The maximum Gasteiger partial charge on any atom is 0.223 e. The molecule has 1 N–H and O–H groups in total. The van der Waals surface area contributed by atoms with Crippen LogP contribution in [0.5, 0.6) is 0 Å². The number of hydrogen-bond acceptors (Lipinski definition) is 5. The number of anilines is 1. The Kier molecular flexibility index (Phi) is 5.60. The van der Waals surface area contributed by atoms with E-state index in [1.165, 1.54) is 0 Å². The third-order valence-electron chi connectivity index (χ3n) is 4.70. The number of fused-ring (bicyclic) bond motifs is 1. The third kappa shape index (κ3) is 3.96. The Morgan fingerprint density at radius 3 is 2.76 bits per heavy atom. The monoisotopic (exact) mass is 360 g/mol. The summed E-state index contributed by atoms with van der Waals surface area (Å²) in [6, 6.07) is 3.74. The number of amides is 1. The number of nitrogens with zero attached hydrogens (tertiary/aromatic N) is 5. The Labute approximate surface area is 153 Å². The molecule has 0 radical (unpaired) electrons. The SMILES string of the molecule is CCN1CCN(C(=S)N/N=C2/CCN(C(C)=O)c3cccnc32)CC1. The van der Waals surface area contributed by atoms with Crippen LogP contribution in [0.15, 0.2) is 23.4 Å². The van der Waals surface area contributed by atoms with Gasteiger partial charge in [0.25, 0.3) is 0 Å². The van der Waals surface area contributed by atoms with Gasteiger partial charge in [-0.2, -0.15) is 5.10 Å². The van der Waals surface area contributed by atoms with E-state index >= 15 is 0 Å². The first-order valence-corrected chi connectivity index (χ1v) is 9.08. The molecule has 3 heterocycles. The molecule has 1 aromatic heterocycles. The number of carbonyl (C=O) groups is 1. The normalized spacial score (nSPS) is 19.7. The van der Waals surface area contributed by atoms with Crippen LogP contribution in [0.2, 0.25) is 0 Å². The minimum absolute atomic E-state index is 0.0191. The van der Waals surface area contributed by atoms with Crippen LogP contribution in [0.25, 0.3) is 0 Å². The standard InChI is InChI=1S/C17H24N6OS/c1-3-21-9-11-22(12-10-21)17(25)20-19-14-6-8-23(13(2)24)15-5-4-7-18-16(14)15/h4-5,7H,3,6,8-12H2,1-2H3,(H,20,25)/b19-14-. The van der Waals surface area contributed by atoms with Gasteiger partial charge in [-0.15, -0.1) is 0 Å². The van der Waals surface area contributed by atoms with Crippen LogP contribution in [0.3, 0.4) is 0 Å². The van der Waals surface area contributed by atoms with E-state index in [0.717, 1.165) is 49.8 Å². The summed E-state index contributed by atoms with van der Waals surface area (Å²) in [5, 5.41) is 5.15. The first-order valence-electron chi connectivity index (χ1n) is 8.67. The molecule has 0 bridgehead atoms. The van der Waals surface area contributed by atoms with Crippen molar-refractivity contribution in [3.63, 3.8) is 0 Å². The van der Waals surface area contributed by atoms with Crippen molar-refractivity contribution in [1.29, 1.82) is 0 Å². The average molecular weight is 360 g/mol. The minimum atomic E-state index is 0.0191. The number of hydrogen-bond donors (Lipinski definition) is 1. The molecule has 0 aromatic carbocycles. The number of rotatable bonds is 2. The second kappa shape index (κ2) is 7.88. The molecule has 1 saturated heterocycles. The van der Waals surface area contributed by atoms with Crippen LogP contribution in [-0.2, 0) is 4.79 Å². The van der Waals surface area contributed by atoms with Crippen LogP contribution in [0.1, 0.15) is 26.0 Å². The van der Waals surface area contributed by atoms with Crippen molar-refractivity contribution in [1.82, 2.24) is 20.2 Å².